The van der Waals surface area contributed by atoms with Crippen molar-refractivity contribution >= 4 is 18.3 Å². The number of halogens is 4. The normalized spacial score (nSPS) is 19.4. The number of hydrogen-bond donors (Lipinski definition) is 1. The third-order valence-corrected chi connectivity index (χ3v) is 3.22. The van der Waals surface area contributed by atoms with E-state index in [1.807, 2.05) is 6.92 Å². The summed E-state index contributed by atoms with van der Waals surface area (Å²) in [5.41, 5.74) is -0.445. The molecule has 1 fully saturated rings. The number of nitrogens with zero attached hydrogens (tertiary/aromatic N) is 1. The van der Waals surface area contributed by atoms with E-state index in [-0.39, 0.29) is 24.4 Å². The lowest BCUT2D eigenvalue weighted by molar-refractivity contribution is -0.137. The fourth-order valence-electron chi connectivity index (χ4n) is 2.11. The van der Waals surface area contributed by atoms with Crippen LogP contribution < -0.4 is 5.32 Å². The van der Waals surface area contributed by atoms with Crippen molar-refractivity contribution in [3.8, 4) is 0 Å². The van der Waals surface area contributed by atoms with Gasteiger partial charge in [0.2, 0.25) is 0 Å². The summed E-state index contributed by atoms with van der Waals surface area (Å²) < 4.78 is 37.3. The van der Waals surface area contributed by atoms with Crippen LogP contribution in [-0.2, 0) is 6.18 Å². The highest BCUT2D eigenvalue weighted by Gasteiger charge is 2.31. The molecule has 20 heavy (non-hydrogen) atoms. The van der Waals surface area contributed by atoms with E-state index >= 15 is 0 Å². The molecule has 1 amide bonds. The summed E-state index contributed by atoms with van der Waals surface area (Å²) in [6.45, 7) is 3.89. The minimum Gasteiger partial charge on any atom is -0.333 e. The maximum absolute atomic E-state index is 12.4. The number of nitrogens with one attached hydrogen (secondary N) is 1. The monoisotopic (exact) mass is 308 g/mol. The van der Waals surface area contributed by atoms with Crippen molar-refractivity contribution in [2.75, 3.05) is 19.6 Å². The van der Waals surface area contributed by atoms with Gasteiger partial charge in [-0.25, -0.2) is 0 Å². The number of carbonyl (C=O) groups is 1. The number of piperazine rings is 1. The molecule has 1 atom stereocenters. The third kappa shape index (κ3) is 3.64. The number of hydrogen-bond acceptors (Lipinski definition) is 2. The molecule has 1 aliphatic rings. The Morgan fingerprint density at radius 1 is 1.30 bits per heavy atom. The maximum atomic E-state index is 12.4. The van der Waals surface area contributed by atoms with Gasteiger partial charge in [0.1, 0.15) is 0 Å². The van der Waals surface area contributed by atoms with Crippen molar-refractivity contribution in [2.24, 2.45) is 0 Å². The largest absolute Gasteiger partial charge is 0.416 e. The van der Waals surface area contributed by atoms with Crippen molar-refractivity contribution in [1.29, 1.82) is 0 Å². The lowest BCUT2D eigenvalue weighted by atomic mass is 10.1. The molecule has 1 N–H and O–H groups in total. The number of rotatable bonds is 1. The fourth-order valence-corrected chi connectivity index (χ4v) is 2.11. The molecule has 0 radical (unpaired) electrons. The van der Waals surface area contributed by atoms with Crippen LogP contribution in [0.5, 0.6) is 0 Å². The summed E-state index contributed by atoms with van der Waals surface area (Å²) in [6.07, 6.45) is -4.37. The van der Waals surface area contributed by atoms with Gasteiger partial charge in [-0.15, -0.1) is 12.4 Å². The molecule has 112 valence electrons. The summed E-state index contributed by atoms with van der Waals surface area (Å²) in [5.74, 6) is -0.220. The Labute approximate surface area is 121 Å². The molecule has 0 aromatic heterocycles. The molecule has 1 aromatic rings. The Bertz CT molecular complexity index is 462. The van der Waals surface area contributed by atoms with Crippen LogP contribution in [0, 0.1) is 0 Å². The van der Waals surface area contributed by atoms with Crippen molar-refractivity contribution < 1.29 is 18.0 Å². The topological polar surface area (TPSA) is 32.3 Å². The van der Waals surface area contributed by atoms with Crippen LogP contribution in [0.25, 0.3) is 0 Å². The first-order valence-electron chi connectivity index (χ1n) is 6.08. The van der Waals surface area contributed by atoms with Crippen LogP contribution in [-0.4, -0.2) is 36.5 Å². The Balaban J connectivity index is 0.00000200. The molecule has 1 saturated heterocycles. The molecular formula is C13H16ClF3N2O. The van der Waals surface area contributed by atoms with Crippen molar-refractivity contribution in [2.45, 2.75) is 19.1 Å². The predicted octanol–water partition coefficient (Wildman–Crippen LogP) is 2.56. The fraction of sp³-hybridized carbons (Fsp3) is 0.462. The highest BCUT2D eigenvalue weighted by atomic mass is 35.5. The van der Waals surface area contributed by atoms with Gasteiger partial charge in [0.15, 0.2) is 0 Å². The molecule has 0 spiro atoms. The number of alkyl halides is 3. The molecule has 1 aromatic carbocycles. The maximum Gasteiger partial charge on any atom is 0.416 e. The van der Waals surface area contributed by atoms with Crippen molar-refractivity contribution in [3.63, 3.8) is 0 Å². The molecule has 1 heterocycles. The minimum absolute atomic E-state index is 0. The zero-order chi connectivity index (χ0) is 14.0. The van der Waals surface area contributed by atoms with Gasteiger partial charge in [0.05, 0.1) is 5.56 Å². The molecule has 0 aliphatic carbocycles. The molecule has 1 aliphatic heterocycles. The van der Waals surface area contributed by atoms with E-state index < -0.39 is 11.7 Å². The van der Waals surface area contributed by atoms with E-state index in [4.69, 9.17) is 0 Å². The highest BCUT2D eigenvalue weighted by Crippen LogP contribution is 2.29. The summed E-state index contributed by atoms with van der Waals surface area (Å²) in [6, 6.07) is 4.41. The quantitative estimate of drug-likeness (QED) is 0.865. The molecular weight excluding hydrogens is 293 g/mol. The van der Waals surface area contributed by atoms with E-state index in [1.54, 1.807) is 4.90 Å². The second-order valence-electron chi connectivity index (χ2n) is 4.63. The molecule has 3 nitrogen and oxygen atoms in total. The van der Waals surface area contributed by atoms with Gasteiger partial charge in [-0.05, 0) is 31.2 Å². The van der Waals surface area contributed by atoms with Crippen molar-refractivity contribution in [1.82, 2.24) is 10.2 Å². The van der Waals surface area contributed by atoms with Crippen LogP contribution >= 0.6 is 12.4 Å². The van der Waals surface area contributed by atoms with Gasteiger partial charge < -0.3 is 10.2 Å². The van der Waals surface area contributed by atoms with Gasteiger partial charge in [-0.2, -0.15) is 13.2 Å². The first-order valence-corrected chi connectivity index (χ1v) is 6.08. The number of benzene rings is 1. The van der Waals surface area contributed by atoms with Crippen LogP contribution in [0.4, 0.5) is 13.2 Å². The van der Waals surface area contributed by atoms with Gasteiger partial charge >= 0.3 is 6.18 Å². The van der Waals surface area contributed by atoms with Gasteiger partial charge in [0.25, 0.3) is 5.91 Å². The average Bonchev–Trinajstić information content (AvgIpc) is 2.38. The Morgan fingerprint density at radius 3 is 2.40 bits per heavy atom. The lowest BCUT2D eigenvalue weighted by Crippen LogP contribution is -2.52. The molecule has 0 unspecified atom stereocenters. The first kappa shape index (κ1) is 16.8. The van der Waals surface area contributed by atoms with E-state index in [0.29, 0.717) is 25.2 Å². The first-order chi connectivity index (χ1) is 8.89. The SMILES string of the molecule is C[C@H]1CNCCN1C(=O)c1ccc(C(F)(F)F)cc1.Cl. The average molecular weight is 309 g/mol. The van der Waals surface area contributed by atoms with E-state index in [0.717, 1.165) is 12.1 Å². The Morgan fingerprint density at radius 2 is 1.90 bits per heavy atom. The highest BCUT2D eigenvalue weighted by molar-refractivity contribution is 5.94. The molecule has 0 bridgehead atoms. The Kier molecular flexibility index (Phi) is 5.42. The Hall–Kier alpha value is -1.27. The minimum atomic E-state index is -4.37. The molecule has 2 rings (SSSR count). The van der Waals surface area contributed by atoms with Gasteiger partial charge in [0, 0.05) is 31.2 Å². The van der Waals surface area contributed by atoms with Gasteiger partial charge in [-0.3, -0.25) is 4.79 Å². The van der Waals surface area contributed by atoms with E-state index in [2.05, 4.69) is 5.32 Å². The molecule has 0 saturated carbocycles. The van der Waals surface area contributed by atoms with Crippen LogP contribution in [0.2, 0.25) is 0 Å². The molecule has 7 heteroatoms. The van der Waals surface area contributed by atoms with Crippen LogP contribution in [0.3, 0.4) is 0 Å². The predicted molar refractivity (Wildman–Crippen MR) is 72.1 cm³/mol. The second-order valence-corrected chi connectivity index (χ2v) is 4.63. The van der Waals surface area contributed by atoms with Crippen LogP contribution in [0.15, 0.2) is 24.3 Å². The summed E-state index contributed by atoms with van der Waals surface area (Å²) in [7, 11) is 0. The van der Waals surface area contributed by atoms with E-state index in [1.165, 1.54) is 12.1 Å². The zero-order valence-electron chi connectivity index (χ0n) is 10.9. The summed E-state index contributed by atoms with van der Waals surface area (Å²) >= 11 is 0. The lowest BCUT2D eigenvalue weighted by Gasteiger charge is -2.34. The van der Waals surface area contributed by atoms with Crippen molar-refractivity contribution in [3.05, 3.63) is 35.4 Å². The van der Waals surface area contributed by atoms with Gasteiger partial charge in [-0.1, -0.05) is 0 Å². The number of amides is 1. The second kappa shape index (κ2) is 6.45. The smallest absolute Gasteiger partial charge is 0.333 e. The summed E-state index contributed by atoms with van der Waals surface area (Å²) in [4.78, 5) is 13.9. The zero-order valence-corrected chi connectivity index (χ0v) is 11.7. The number of carbonyl (C=O) groups excluding carboxylic acids is 1. The third-order valence-electron chi connectivity index (χ3n) is 3.22. The van der Waals surface area contributed by atoms with E-state index in [9.17, 15) is 18.0 Å². The standard InChI is InChI=1S/C13H15F3N2O.ClH/c1-9-8-17-6-7-18(9)12(19)10-2-4-11(5-3-10)13(14,15)16;/h2-5,9,17H,6-8H2,1H3;1H/t9-;/m0./s1. The van der Waals surface area contributed by atoms with Crippen LogP contribution in [0.1, 0.15) is 22.8 Å². The summed E-state index contributed by atoms with van der Waals surface area (Å²) in [5, 5.41) is 3.16.